The maximum atomic E-state index is 12.9. The van der Waals surface area contributed by atoms with Crippen molar-refractivity contribution in [1.29, 1.82) is 0 Å². The first-order valence-corrected chi connectivity index (χ1v) is 9.23. The highest BCUT2D eigenvalue weighted by atomic mass is 16.7. The number of carbonyl (C=O) groups is 3. The van der Waals surface area contributed by atoms with Gasteiger partial charge in [0.15, 0.2) is 0 Å². The second-order valence-electron chi connectivity index (χ2n) is 8.36. The Morgan fingerprint density at radius 3 is 2.41 bits per heavy atom. The first-order chi connectivity index (χ1) is 12.6. The highest BCUT2D eigenvalue weighted by molar-refractivity contribution is 6.63. The van der Waals surface area contributed by atoms with E-state index in [2.05, 4.69) is 5.32 Å². The summed E-state index contributed by atoms with van der Waals surface area (Å²) in [4.78, 5) is 38.1. The molecule has 4 rings (SSSR count). The molecule has 1 aromatic rings. The lowest BCUT2D eigenvalue weighted by molar-refractivity contribution is -0.136. The maximum Gasteiger partial charge on any atom is 0.495 e. The van der Waals surface area contributed by atoms with Gasteiger partial charge in [0, 0.05) is 18.5 Å². The number of imide groups is 1. The minimum Gasteiger partial charge on any atom is -0.399 e. The fourth-order valence-electron chi connectivity index (χ4n) is 3.80. The highest BCUT2D eigenvalue weighted by Gasteiger charge is 2.53. The Hall–Kier alpha value is -2.19. The molecule has 2 fully saturated rings. The number of rotatable bonds is 2. The van der Waals surface area contributed by atoms with Gasteiger partial charge in [0.05, 0.1) is 11.2 Å². The highest BCUT2D eigenvalue weighted by Crippen LogP contribution is 2.37. The van der Waals surface area contributed by atoms with Crippen LogP contribution < -0.4 is 10.8 Å². The number of piperidine rings is 1. The largest absolute Gasteiger partial charge is 0.495 e. The SMILES string of the molecule is CC1(C)OB(c2cccc3c2CN(C2CCC(=O)NC2=O)C3=O)OC1(C)C. The molecule has 8 heteroatoms. The Bertz CT molecular complexity index is 835. The lowest BCUT2D eigenvalue weighted by Crippen LogP contribution is -2.52. The lowest BCUT2D eigenvalue weighted by atomic mass is 9.75. The molecule has 3 amide bonds. The van der Waals surface area contributed by atoms with Gasteiger partial charge in [-0.3, -0.25) is 19.7 Å². The minimum absolute atomic E-state index is 0.196. The number of benzene rings is 1. The van der Waals surface area contributed by atoms with Crippen LogP contribution in [-0.2, 0) is 25.4 Å². The standard InChI is InChI=1S/C19H23BN2O5/c1-18(2)19(3,4)27-20(26-18)13-7-5-6-11-12(13)10-22(17(11)25)14-8-9-15(23)21-16(14)24/h5-7,14H,8-10H2,1-4H3,(H,21,23,24). The van der Waals surface area contributed by atoms with Crippen molar-refractivity contribution in [2.45, 2.75) is 64.3 Å². The zero-order valence-electron chi connectivity index (χ0n) is 16.0. The molecule has 1 atom stereocenters. The molecule has 27 heavy (non-hydrogen) atoms. The quantitative estimate of drug-likeness (QED) is 0.614. The van der Waals surface area contributed by atoms with E-state index >= 15 is 0 Å². The molecule has 0 radical (unpaired) electrons. The molecule has 7 nitrogen and oxygen atoms in total. The Balaban J connectivity index is 1.64. The molecule has 0 bridgehead atoms. The number of nitrogens with one attached hydrogen (secondary N) is 1. The van der Waals surface area contributed by atoms with E-state index in [1.807, 2.05) is 39.8 Å². The molecular formula is C19H23BN2O5. The smallest absolute Gasteiger partial charge is 0.399 e. The van der Waals surface area contributed by atoms with E-state index in [1.54, 1.807) is 11.0 Å². The first-order valence-electron chi connectivity index (χ1n) is 9.23. The Morgan fingerprint density at radius 1 is 1.11 bits per heavy atom. The summed E-state index contributed by atoms with van der Waals surface area (Å²) in [6.07, 6.45) is 0.580. The van der Waals surface area contributed by atoms with Crippen LogP contribution in [0.25, 0.3) is 0 Å². The van der Waals surface area contributed by atoms with E-state index in [4.69, 9.17) is 9.31 Å². The van der Waals surface area contributed by atoms with E-state index in [0.29, 0.717) is 18.5 Å². The number of nitrogens with zero attached hydrogens (tertiary/aromatic N) is 1. The van der Waals surface area contributed by atoms with E-state index < -0.39 is 30.3 Å². The van der Waals surface area contributed by atoms with Crippen molar-refractivity contribution in [2.24, 2.45) is 0 Å². The van der Waals surface area contributed by atoms with E-state index in [1.165, 1.54) is 0 Å². The second kappa shape index (κ2) is 5.91. The number of carbonyl (C=O) groups excluding carboxylic acids is 3. The summed E-state index contributed by atoms with van der Waals surface area (Å²) in [5, 5.41) is 2.32. The van der Waals surface area contributed by atoms with Crippen LogP contribution in [0.5, 0.6) is 0 Å². The summed E-state index contributed by atoms with van der Waals surface area (Å²) < 4.78 is 12.3. The van der Waals surface area contributed by atoms with Crippen LogP contribution in [0, 0.1) is 0 Å². The van der Waals surface area contributed by atoms with Crippen molar-refractivity contribution in [3.63, 3.8) is 0 Å². The molecule has 1 unspecified atom stereocenters. The molecule has 142 valence electrons. The molecule has 3 aliphatic rings. The third-order valence-electron chi connectivity index (χ3n) is 6.13. The van der Waals surface area contributed by atoms with Crippen molar-refractivity contribution in [3.8, 4) is 0 Å². The molecule has 1 aromatic carbocycles. The van der Waals surface area contributed by atoms with Gasteiger partial charge in [-0.1, -0.05) is 12.1 Å². The van der Waals surface area contributed by atoms with Gasteiger partial charge < -0.3 is 14.2 Å². The predicted octanol–water partition coefficient (Wildman–Crippen LogP) is 0.747. The first kappa shape index (κ1) is 18.2. The normalized spacial score (nSPS) is 26.4. The summed E-state index contributed by atoms with van der Waals surface area (Å²) in [6, 6.07) is 4.85. The average Bonchev–Trinajstić information content (AvgIpc) is 3.01. The van der Waals surface area contributed by atoms with Crippen LogP contribution in [0.15, 0.2) is 18.2 Å². The molecule has 0 aliphatic carbocycles. The summed E-state index contributed by atoms with van der Waals surface area (Å²) in [5.41, 5.74) is 1.24. The third-order valence-corrected chi connectivity index (χ3v) is 6.13. The summed E-state index contributed by atoms with van der Waals surface area (Å²) in [6.45, 7) is 8.24. The van der Waals surface area contributed by atoms with Gasteiger partial charge in [0.25, 0.3) is 5.91 Å². The van der Waals surface area contributed by atoms with E-state index in [-0.39, 0.29) is 18.2 Å². The topological polar surface area (TPSA) is 84.9 Å². The molecule has 1 N–H and O–H groups in total. The third kappa shape index (κ3) is 2.78. The number of hydrogen-bond donors (Lipinski definition) is 1. The Labute approximate surface area is 158 Å². The molecule has 2 saturated heterocycles. The van der Waals surface area contributed by atoms with E-state index in [0.717, 1.165) is 11.0 Å². The number of fused-ring (bicyclic) bond motifs is 1. The summed E-state index contributed by atoms with van der Waals surface area (Å²) in [7, 11) is -0.570. The fraction of sp³-hybridized carbons (Fsp3) is 0.526. The van der Waals surface area contributed by atoms with Crippen molar-refractivity contribution in [1.82, 2.24) is 10.2 Å². The lowest BCUT2D eigenvalue weighted by Gasteiger charge is -2.32. The molecular weight excluding hydrogens is 347 g/mol. The van der Waals surface area contributed by atoms with Crippen LogP contribution in [0.4, 0.5) is 0 Å². The monoisotopic (exact) mass is 370 g/mol. The summed E-state index contributed by atoms with van der Waals surface area (Å²) in [5.74, 6) is -0.902. The Kier molecular flexibility index (Phi) is 3.98. The molecule has 0 spiro atoms. The van der Waals surface area contributed by atoms with Crippen molar-refractivity contribution in [2.75, 3.05) is 0 Å². The number of amides is 3. The van der Waals surface area contributed by atoms with Crippen LogP contribution >= 0.6 is 0 Å². The predicted molar refractivity (Wildman–Crippen MR) is 98.2 cm³/mol. The van der Waals surface area contributed by atoms with Gasteiger partial charge >= 0.3 is 7.12 Å². The zero-order chi connectivity index (χ0) is 19.6. The van der Waals surface area contributed by atoms with Crippen LogP contribution in [0.1, 0.15) is 56.5 Å². The van der Waals surface area contributed by atoms with Gasteiger partial charge in [-0.2, -0.15) is 0 Å². The summed E-state index contributed by atoms with van der Waals surface area (Å²) >= 11 is 0. The average molecular weight is 370 g/mol. The van der Waals surface area contributed by atoms with Crippen molar-refractivity contribution >= 4 is 30.3 Å². The van der Waals surface area contributed by atoms with Gasteiger partial charge in [-0.05, 0) is 51.2 Å². The molecule has 0 aromatic heterocycles. The van der Waals surface area contributed by atoms with Crippen molar-refractivity contribution < 1.29 is 23.7 Å². The molecule has 0 saturated carbocycles. The van der Waals surface area contributed by atoms with Crippen molar-refractivity contribution in [3.05, 3.63) is 29.3 Å². The van der Waals surface area contributed by atoms with Gasteiger partial charge in [0.1, 0.15) is 6.04 Å². The molecule has 3 aliphatic heterocycles. The van der Waals surface area contributed by atoms with Crippen LogP contribution in [-0.4, -0.2) is 47.0 Å². The number of hydrogen-bond acceptors (Lipinski definition) is 5. The maximum absolute atomic E-state index is 12.9. The van der Waals surface area contributed by atoms with Gasteiger partial charge in [0.2, 0.25) is 11.8 Å². The Morgan fingerprint density at radius 2 is 1.78 bits per heavy atom. The fourth-order valence-corrected chi connectivity index (χ4v) is 3.80. The van der Waals surface area contributed by atoms with Gasteiger partial charge in [-0.15, -0.1) is 0 Å². The van der Waals surface area contributed by atoms with Crippen LogP contribution in [0.2, 0.25) is 0 Å². The zero-order valence-corrected chi connectivity index (χ0v) is 16.0. The van der Waals surface area contributed by atoms with Crippen LogP contribution in [0.3, 0.4) is 0 Å². The van der Waals surface area contributed by atoms with Gasteiger partial charge in [-0.25, -0.2) is 0 Å². The van der Waals surface area contributed by atoms with E-state index in [9.17, 15) is 14.4 Å². The molecule has 3 heterocycles. The minimum atomic E-state index is -0.631. The second-order valence-corrected chi connectivity index (χ2v) is 8.36.